The third kappa shape index (κ3) is 10.00. The van der Waals surface area contributed by atoms with Crippen LogP contribution >= 0.6 is 0 Å². The van der Waals surface area contributed by atoms with E-state index in [1.807, 2.05) is 18.2 Å². The molecule has 8 nitrogen and oxygen atoms in total. The van der Waals surface area contributed by atoms with Crippen LogP contribution in [-0.2, 0) is 14.3 Å². The van der Waals surface area contributed by atoms with Gasteiger partial charge in [0, 0.05) is 17.5 Å². The minimum atomic E-state index is -0.441. The molecular weight excluding hydrogens is 484 g/mol. The molecule has 0 spiro atoms. The van der Waals surface area contributed by atoms with E-state index in [1.165, 1.54) is 38.2 Å². The third-order valence-electron chi connectivity index (χ3n) is 6.53. The first-order chi connectivity index (χ1) is 18.4. The molecular formula is C30H40N2O6. The predicted molar refractivity (Wildman–Crippen MR) is 149 cm³/mol. The van der Waals surface area contributed by atoms with E-state index in [2.05, 4.69) is 0 Å². The molecule has 1 aliphatic carbocycles. The minimum absolute atomic E-state index is 0.309. The second-order valence-electron chi connectivity index (χ2n) is 9.66. The van der Waals surface area contributed by atoms with Gasteiger partial charge in [-0.15, -0.1) is 0 Å². The second-order valence-corrected chi connectivity index (χ2v) is 9.66. The lowest BCUT2D eigenvalue weighted by atomic mass is 9.90. The van der Waals surface area contributed by atoms with Gasteiger partial charge in [-0.05, 0) is 86.4 Å². The largest absolute Gasteiger partial charge is 0.493 e. The molecule has 3 rings (SSSR count). The van der Waals surface area contributed by atoms with Crippen LogP contribution in [0.5, 0.6) is 11.5 Å². The van der Waals surface area contributed by atoms with E-state index in [0.29, 0.717) is 48.4 Å². The molecule has 0 radical (unpaired) electrons. The summed E-state index contributed by atoms with van der Waals surface area (Å²) in [7, 11) is 1.62. The number of anilines is 2. The topological polar surface area (TPSA) is 123 Å². The molecule has 1 aliphatic rings. The van der Waals surface area contributed by atoms with Gasteiger partial charge in [0.15, 0.2) is 11.5 Å². The van der Waals surface area contributed by atoms with Gasteiger partial charge < -0.3 is 30.4 Å². The highest BCUT2D eigenvalue weighted by atomic mass is 16.5. The molecule has 2 aromatic carbocycles. The number of carbonyl (C=O) groups excluding carboxylic acids is 2. The van der Waals surface area contributed by atoms with Crippen molar-refractivity contribution in [2.45, 2.75) is 57.8 Å². The van der Waals surface area contributed by atoms with E-state index in [9.17, 15) is 9.59 Å². The van der Waals surface area contributed by atoms with Crippen molar-refractivity contribution in [1.82, 2.24) is 0 Å². The summed E-state index contributed by atoms with van der Waals surface area (Å²) >= 11 is 0. The number of unbranched alkanes of at least 4 members (excludes halogenated alkanes) is 3. The van der Waals surface area contributed by atoms with Crippen LogP contribution in [0, 0.1) is 5.92 Å². The van der Waals surface area contributed by atoms with Gasteiger partial charge in [0.2, 0.25) is 0 Å². The zero-order chi connectivity index (χ0) is 27.2. The van der Waals surface area contributed by atoms with Gasteiger partial charge in [-0.2, -0.15) is 0 Å². The van der Waals surface area contributed by atoms with E-state index < -0.39 is 11.9 Å². The summed E-state index contributed by atoms with van der Waals surface area (Å²) in [5, 5.41) is 0. The Kier molecular flexibility index (Phi) is 11.8. The van der Waals surface area contributed by atoms with Gasteiger partial charge in [0.25, 0.3) is 0 Å². The van der Waals surface area contributed by atoms with Crippen LogP contribution in [0.1, 0.15) is 73.7 Å². The molecule has 206 valence electrons. The highest BCUT2D eigenvalue weighted by Gasteiger charge is 2.15. The zero-order valence-electron chi connectivity index (χ0n) is 22.3. The molecule has 0 heterocycles. The molecule has 0 saturated heterocycles. The standard InChI is InChI=1S/C30H40N2O6/c1-35-28-17-22(11-13-27(28)38-21-23-9-5-4-6-10-23)12-14-29(33)36-15-7-2-3-8-16-37-30(34)24-18-25(31)20-26(32)19-24/h11-14,17-20,23H,2-10,15-16,21,31-32H2,1H3. The molecule has 1 fully saturated rings. The molecule has 0 amide bonds. The Balaban J connectivity index is 1.28. The Morgan fingerprint density at radius 1 is 0.868 bits per heavy atom. The zero-order valence-corrected chi connectivity index (χ0v) is 22.3. The SMILES string of the molecule is COc1cc(C=CC(=O)OCCCCCCOC(=O)c2cc(N)cc(N)c2)ccc1OCC1CCCCC1. The lowest BCUT2D eigenvalue weighted by molar-refractivity contribution is -0.137. The Hall–Kier alpha value is -3.68. The fraction of sp³-hybridized carbons (Fsp3) is 0.467. The molecule has 8 heteroatoms. The number of esters is 2. The van der Waals surface area contributed by atoms with Crippen LogP contribution in [0.4, 0.5) is 11.4 Å². The van der Waals surface area contributed by atoms with Gasteiger partial charge in [0.1, 0.15) is 0 Å². The van der Waals surface area contributed by atoms with E-state index in [1.54, 1.807) is 31.4 Å². The Morgan fingerprint density at radius 3 is 2.24 bits per heavy atom. The summed E-state index contributed by atoms with van der Waals surface area (Å²) in [5.74, 6) is 1.16. The van der Waals surface area contributed by atoms with Crippen LogP contribution in [-0.4, -0.2) is 38.9 Å². The van der Waals surface area contributed by atoms with E-state index >= 15 is 0 Å². The maximum atomic E-state index is 12.1. The molecule has 0 unspecified atom stereocenters. The van der Waals surface area contributed by atoms with Crippen molar-refractivity contribution in [2.75, 3.05) is 38.4 Å². The van der Waals surface area contributed by atoms with Crippen molar-refractivity contribution in [3.8, 4) is 11.5 Å². The van der Waals surface area contributed by atoms with E-state index in [-0.39, 0.29) is 0 Å². The van der Waals surface area contributed by atoms with Crippen molar-refractivity contribution < 1.29 is 28.5 Å². The van der Waals surface area contributed by atoms with Gasteiger partial charge in [-0.25, -0.2) is 9.59 Å². The minimum Gasteiger partial charge on any atom is -0.493 e. The number of benzene rings is 2. The molecule has 38 heavy (non-hydrogen) atoms. The summed E-state index contributed by atoms with van der Waals surface area (Å²) in [6.07, 6.45) is 12.6. The molecule has 4 N–H and O–H groups in total. The summed E-state index contributed by atoms with van der Waals surface area (Å²) in [5.41, 5.74) is 13.4. The molecule has 2 aromatic rings. The summed E-state index contributed by atoms with van der Waals surface area (Å²) < 4.78 is 22.0. The van der Waals surface area contributed by atoms with Gasteiger partial charge in [-0.1, -0.05) is 25.3 Å². The lowest BCUT2D eigenvalue weighted by Gasteiger charge is -2.22. The maximum Gasteiger partial charge on any atom is 0.338 e. The molecule has 1 saturated carbocycles. The first-order valence-corrected chi connectivity index (χ1v) is 13.4. The first-order valence-electron chi connectivity index (χ1n) is 13.4. The average molecular weight is 525 g/mol. The molecule has 0 aliphatic heterocycles. The van der Waals surface area contributed by atoms with Gasteiger partial charge in [-0.3, -0.25) is 0 Å². The predicted octanol–water partition coefficient (Wildman–Crippen LogP) is 5.79. The number of hydrogen-bond acceptors (Lipinski definition) is 8. The molecule has 0 bridgehead atoms. The van der Waals surface area contributed by atoms with Crippen LogP contribution < -0.4 is 20.9 Å². The monoisotopic (exact) mass is 524 g/mol. The number of nitrogen functional groups attached to an aromatic ring is 2. The quantitative estimate of drug-likeness (QED) is 0.138. The second kappa shape index (κ2) is 15.5. The third-order valence-corrected chi connectivity index (χ3v) is 6.53. The Morgan fingerprint density at radius 2 is 1.55 bits per heavy atom. The Labute approximate surface area is 225 Å². The normalized spacial score (nSPS) is 13.8. The van der Waals surface area contributed by atoms with Crippen molar-refractivity contribution in [1.29, 1.82) is 0 Å². The number of carbonyl (C=O) groups is 2. The maximum absolute atomic E-state index is 12.1. The van der Waals surface area contributed by atoms with E-state index in [0.717, 1.165) is 37.0 Å². The van der Waals surface area contributed by atoms with Crippen LogP contribution in [0.3, 0.4) is 0 Å². The van der Waals surface area contributed by atoms with Crippen molar-refractivity contribution in [3.05, 3.63) is 53.6 Å². The van der Waals surface area contributed by atoms with Crippen LogP contribution in [0.2, 0.25) is 0 Å². The number of ether oxygens (including phenoxy) is 4. The van der Waals surface area contributed by atoms with Crippen molar-refractivity contribution in [3.63, 3.8) is 0 Å². The van der Waals surface area contributed by atoms with Gasteiger partial charge >= 0.3 is 11.9 Å². The lowest BCUT2D eigenvalue weighted by Crippen LogP contribution is -2.15. The van der Waals surface area contributed by atoms with E-state index in [4.69, 9.17) is 30.4 Å². The smallest absolute Gasteiger partial charge is 0.338 e. The summed E-state index contributed by atoms with van der Waals surface area (Å²) in [6.45, 7) is 1.36. The fourth-order valence-electron chi connectivity index (χ4n) is 4.45. The highest BCUT2D eigenvalue weighted by Crippen LogP contribution is 2.31. The Bertz CT molecular complexity index is 1060. The number of rotatable bonds is 14. The average Bonchev–Trinajstić information content (AvgIpc) is 2.92. The number of nitrogens with two attached hydrogens (primary N) is 2. The molecule has 0 aromatic heterocycles. The van der Waals surface area contributed by atoms with Crippen LogP contribution in [0.15, 0.2) is 42.5 Å². The van der Waals surface area contributed by atoms with Crippen LogP contribution in [0.25, 0.3) is 6.08 Å². The fourth-order valence-corrected chi connectivity index (χ4v) is 4.45. The summed E-state index contributed by atoms with van der Waals surface area (Å²) in [4.78, 5) is 24.1. The highest BCUT2D eigenvalue weighted by molar-refractivity contribution is 5.91. The van der Waals surface area contributed by atoms with Crippen molar-refractivity contribution in [2.24, 2.45) is 5.92 Å². The first kappa shape index (κ1) is 28.9. The molecule has 0 atom stereocenters. The number of hydrogen-bond donors (Lipinski definition) is 2. The summed E-state index contributed by atoms with van der Waals surface area (Å²) in [6, 6.07) is 10.3. The number of methoxy groups -OCH3 is 1. The van der Waals surface area contributed by atoms with Crippen molar-refractivity contribution >= 4 is 29.4 Å². The van der Waals surface area contributed by atoms with Gasteiger partial charge in [0.05, 0.1) is 32.5 Å².